The zero-order chi connectivity index (χ0) is 7.56. The van der Waals surface area contributed by atoms with E-state index in [2.05, 4.69) is 32.7 Å². The molecule has 0 unspecified atom stereocenters. The number of halogens is 1. The molecular formula is C6H8BrN3. The predicted molar refractivity (Wildman–Crippen MR) is 44.8 cm³/mol. The maximum atomic E-state index is 4.04. The Bertz CT molecular complexity index is 241. The van der Waals surface area contributed by atoms with Gasteiger partial charge in [0.1, 0.15) is 0 Å². The summed E-state index contributed by atoms with van der Waals surface area (Å²) in [5.74, 6) is 0.794. The van der Waals surface area contributed by atoms with Crippen molar-refractivity contribution in [2.75, 3.05) is 0 Å². The van der Waals surface area contributed by atoms with Crippen molar-refractivity contribution in [1.82, 2.24) is 9.78 Å². The fraction of sp³-hybridized carbons (Fsp3) is 0.333. The van der Waals surface area contributed by atoms with Crippen LogP contribution in [0.1, 0.15) is 6.92 Å². The van der Waals surface area contributed by atoms with Crippen LogP contribution in [0.25, 0.3) is 0 Å². The molecule has 0 atom stereocenters. The minimum absolute atomic E-state index is 0.794. The van der Waals surface area contributed by atoms with Crippen molar-refractivity contribution in [3.05, 3.63) is 10.7 Å². The second kappa shape index (κ2) is 2.96. The number of aromatic nitrogens is 2. The standard InChI is InChI=1S/C6H8BrN3/c1-3-10-6(8-2)5(7)4-9-10/h4H,2-3H2,1H3. The first-order valence-electron chi connectivity index (χ1n) is 2.97. The topological polar surface area (TPSA) is 30.2 Å². The van der Waals surface area contributed by atoms with Crippen molar-refractivity contribution in [2.45, 2.75) is 13.5 Å². The van der Waals surface area contributed by atoms with Crippen molar-refractivity contribution in [3.63, 3.8) is 0 Å². The lowest BCUT2D eigenvalue weighted by atomic mass is 10.6. The largest absolute Gasteiger partial charge is 0.247 e. The molecule has 1 aromatic rings. The Balaban J connectivity index is 3.12. The Hall–Kier alpha value is -0.640. The van der Waals surface area contributed by atoms with E-state index in [4.69, 9.17) is 0 Å². The van der Waals surface area contributed by atoms with E-state index in [1.807, 2.05) is 6.92 Å². The molecule has 0 fully saturated rings. The first-order valence-corrected chi connectivity index (χ1v) is 3.77. The molecule has 0 radical (unpaired) electrons. The van der Waals surface area contributed by atoms with Crippen LogP contribution in [0.15, 0.2) is 15.7 Å². The monoisotopic (exact) mass is 201 g/mol. The molecule has 0 saturated heterocycles. The van der Waals surface area contributed by atoms with Crippen LogP contribution in [0, 0.1) is 0 Å². The first kappa shape index (κ1) is 7.47. The van der Waals surface area contributed by atoms with Gasteiger partial charge in [0.15, 0.2) is 5.82 Å². The van der Waals surface area contributed by atoms with E-state index >= 15 is 0 Å². The van der Waals surface area contributed by atoms with Gasteiger partial charge >= 0.3 is 0 Å². The summed E-state index contributed by atoms with van der Waals surface area (Å²) < 4.78 is 2.67. The number of aryl methyl sites for hydroxylation is 1. The van der Waals surface area contributed by atoms with E-state index < -0.39 is 0 Å². The highest BCUT2D eigenvalue weighted by atomic mass is 79.9. The Labute approximate surface area is 67.9 Å². The summed E-state index contributed by atoms with van der Waals surface area (Å²) in [6.45, 7) is 6.26. The van der Waals surface area contributed by atoms with Gasteiger partial charge in [0.2, 0.25) is 0 Å². The van der Waals surface area contributed by atoms with Gasteiger partial charge in [0.05, 0.1) is 10.7 Å². The summed E-state index contributed by atoms with van der Waals surface area (Å²) in [4.78, 5) is 3.80. The highest BCUT2D eigenvalue weighted by Crippen LogP contribution is 2.23. The Morgan fingerprint density at radius 1 is 1.90 bits per heavy atom. The third-order valence-corrected chi connectivity index (χ3v) is 1.78. The van der Waals surface area contributed by atoms with Crippen LogP contribution >= 0.6 is 15.9 Å². The van der Waals surface area contributed by atoms with Crippen LogP contribution in [-0.2, 0) is 6.54 Å². The van der Waals surface area contributed by atoms with Crippen LogP contribution in [0.5, 0.6) is 0 Å². The minimum atomic E-state index is 0.794. The molecule has 1 rings (SSSR count). The maximum Gasteiger partial charge on any atom is 0.164 e. The van der Waals surface area contributed by atoms with E-state index in [0.29, 0.717) is 0 Å². The van der Waals surface area contributed by atoms with Gasteiger partial charge in [0, 0.05) is 6.54 Å². The first-order chi connectivity index (χ1) is 4.79. The van der Waals surface area contributed by atoms with Gasteiger partial charge in [-0.05, 0) is 29.6 Å². The molecule has 0 aromatic carbocycles. The molecule has 0 bridgehead atoms. The third-order valence-electron chi connectivity index (χ3n) is 1.22. The Morgan fingerprint density at radius 3 is 3.00 bits per heavy atom. The second-order valence-corrected chi connectivity index (χ2v) is 2.64. The number of hydrogen-bond donors (Lipinski definition) is 0. The highest BCUT2D eigenvalue weighted by molar-refractivity contribution is 9.10. The fourth-order valence-corrected chi connectivity index (χ4v) is 1.17. The summed E-state index contributed by atoms with van der Waals surface area (Å²) in [6.07, 6.45) is 1.72. The Kier molecular flexibility index (Phi) is 2.21. The number of rotatable bonds is 2. The predicted octanol–water partition coefficient (Wildman–Crippen LogP) is 2.00. The molecule has 0 aliphatic carbocycles. The maximum absolute atomic E-state index is 4.04. The molecule has 0 aliphatic rings. The van der Waals surface area contributed by atoms with Crippen LogP contribution in [0.4, 0.5) is 5.82 Å². The normalized spacial score (nSPS) is 9.80. The molecule has 0 amide bonds. The highest BCUT2D eigenvalue weighted by Gasteiger charge is 2.02. The van der Waals surface area contributed by atoms with E-state index in [1.54, 1.807) is 10.9 Å². The fourth-order valence-electron chi connectivity index (χ4n) is 0.745. The molecule has 4 heteroatoms. The molecule has 54 valence electrons. The van der Waals surface area contributed by atoms with Crippen molar-refractivity contribution in [2.24, 2.45) is 4.99 Å². The summed E-state index contributed by atoms with van der Waals surface area (Å²) in [6, 6.07) is 0. The average molecular weight is 202 g/mol. The van der Waals surface area contributed by atoms with Crippen molar-refractivity contribution < 1.29 is 0 Å². The molecule has 0 saturated carbocycles. The molecule has 1 aromatic heterocycles. The lowest BCUT2D eigenvalue weighted by Crippen LogP contribution is -1.94. The second-order valence-electron chi connectivity index (χ2n) is 1.79. The molecular weight excluding hydrogens is 194 g/mol. The van der Waals surface area contributed by atoms with Gasteiger partial charge in [-0.3, -0.25) is 0 Å². The van der Waals surface area contributed by atoms with E-state index in [-0.39, 0.29) is 0 Å². The lowest BCUT2D eigenvalue weighted by Gasteiger charge is -1.96. The van der Waals surface area contributed by atoms with Gasteiger partial charge in [-0.15, -0.1) is 0 Å². The molecule has 10 heavy (non-hydrogen) atoms. The summed E-state index contributed by atoms with van der Waals surface area (Å²) in [7, 11) is 0. The lowest BCUT2D eigenvalue weighted by molar-refractivity contribution is 0.664. The van der Waals surface area contributed by atoms with Gasteiger partial charge in [-0.2, -0.15) is 5.10 Å². The van der Waals surface area contributed by atoms with Crippen molar-refractivity contribution in [3.8, 4) is 0 Å². The minimum Gasteiger partial charge on any atom is -0.247 e. The Morgan fingerprint density at radius 2 is 2.60 bits per heavy atom. The zero-order valence-electron chi connectivity index (χ0n) is 5.71. The summed E-state index contributed by atoms with van der Waals surface area (Å²) >= 11 is 3.30. The third kappa shape index (κ3) is 1.11. The van der Waals surface area contributed by atoms with E-state index in [9.17, 15) is 0 Å². The van der Waals surface area contributed by atoms with Crippen molar-refractivity contribution in [1.29, 1.82) is 0 Å². The SMILES string of the molecule is C=Nc1c(Br)cnn1CC. The van der Waals surface area contributed by atoms with E-state index in [1.165, 1.54) is 0 Å². The summed E-state index contributed by atoms with van der Waals surface area (Å²) in [5, 5.41) is 4.04. The molecule has 3 nitrogen and oxygen atoms in total. The van der Waals surface area contributed by atoms with Crippen molar-refractivity contribution >= 4 is 28.5 Å². The van der Waals surface area contributed by atoms with Gasteiger partial charge in [0.25, 0.3) is 0 Å². The summed E-state index contributed by atoms with van der Waals surface area (Å²) in [5.41, 5.74) is 0. The molecule has 0 N–H and O–H groups in total. The number of hydrogen-bond acceptors (Lipinski definition) is 2. The molecule has 0 aliphatic heterocycles. The van der Waals surface area contributed by atoms with Gasteiger partial charge in [-0.25, -0.2) is 9.67 Å². The van der Waals surface area contributed by atoms with Crippen LogP contribution in [0.3, 0.4) is 0 Å². The number of aliphatic imine (C=N–C) groups is 1. The molecule has 1 heterocycles. The zero-order valence-corrected chi connectivity index (χ0v) is 7.30. The van der Waals surface area contributed by atoms with Crippen LogP contribution in [0.2, 0.25) is 0 Å². The van der Waals surface area contributed by atoms with Crippen LogP contribution in [-0.4, -0.2) is 16.5 Å². The molecule has 0 spiro atoms. The van der Waals surface area contributed by atoms with Gasteiger partial charge in [-0.1, -0.05) is 0 Å². The van der Waals surface area contributed by atoms with Crippen LogP contribution < -0.4 is 0 Å². The van der Waals surface area contributed by atoms with Gasteiger partial charge < -0.3 is 0 Å². The quantitative estimate of drug-likeness (QED) is 0.674. The smallest absolute Gasteiger partial charge is 0.164 e. The van der Waals surface area contributed by atoms with E-state index in [0.717, 1.165) is 16.8 Å². The number of nitrogens with zero attached hydrogens (tertiary/aromatic N) is 3. The average Bonchev–Trinajstić information content (AvgIpc) is 2.30.